The Morgan fingerprint density at radius 3 is 1.44 bits per heavy atom. The summed E-state index contributed by atoms with van der Waals surface area (Å²) in [6.07, 6.45) is -5.51. The monoisotopic (exact) mass is 462 g/mol. The molecule has 0 bridgehead atoms. The number of rotatable bonds is 6. The number of hydrogen-bond acceptors (Lipinski definition) is 8. The van der Waals surface area contributed by atoms with Crippen molar-refractivity contribution in [2.45, 2.75) is 24.6 Å². The lowest BCUT2D eigenvalue weighted by Crippen LogP contribution is -2.57. The molecule has 34 heavy (non-hydrogen) atoms. The molecule has 0 radical (unpaired) electrons. The van der Waals surface area contributed by atoms with Gasteiger partial charge in [0, 0.05) is 0 Å². The summed E-state index contributed by atoms with van der Waals surface area (Å²) in [5, 5.41) is 10.5. The molecule has 8 heteroatoms. The summed E-state index contributed by atoms with van der Waals surface area (Å²) in [6.45, 7) is -0.272. The van der Waals surface area contributed by atoms with Gasteiger partial charge in [-0.3, -0.25) is 0 Å². The molecule has 4 rings (SSSR count). The normalized spacial score (nSPS) is 21.8. The second kappa shape index (κ2) is 10.7. The van der Waals surface area contributed by atoms with Crippen LogP contribution < -0.4 is 0 Å². The SMILES string of the molecule is O=C(O[C@H]1[C@H](OC(=O)c2ccccc2)[C@H](OC(=O)c2ccccc2)CO[C@@H]1O)c1ccccc1. The van der Waals surface area contributed by atoms with Gasteiger partial charge in [0.25, 0.3) is 0 Å². The summed E-state index contributed by atoms with van der Waals surface area (Å²) in [7, 11) is 0. The number of ether oxygens (including phenoxy) is 4. The first-order chi connectivity index (χ1) is 16.5. The summed E-state index contributed by atoms with van der Waals surface area (Å²) < 4.78 is 21.9. The van der Waals surface area contributed by atoms with E-state index in [1.165, 1.54) is 12.1 Å². The molecule has 0 unspecified atom stereocenters. The highest BCUT2D eigenvalue weighted by Gasteiger charge is 2.47. The van der Waals surface area contributed by atoms with Crippen LogP contribution in [0.4, 0.5) is 0 Å². The van der Waals surface area contributed by atoms with Crippen molar-refractivity contribution in [1.29, 1.82) is 0 Å². The van der Waals surface area contributed by atoms with Crippen LogP contribution in [0.25, 0.3) is 0 Å². The fourth-order valence-corrected chi connectivity index (χ4v) is 3.44. The van der Waals surface area contributed by atoms with E-state index >= 15 is 0 Å². The summed E-state index contributed by atoms with van der Waals surface area (Å²) >= 11 is 0. The van der Waals surface area contributed by atoms with Crippen molar-refractivity contribution in [2.75, 3.05) is 6.61 Å². The van der Waals surface area contributed by atoms with Gasteiger partial charge in [-0.2, -0.15) is 0 Å². The highest BCUT2D eigenvalue weighted by molar-refractivity contribution is 5.91. The van der Waals surface area contributed by atoms with Gasteiger partial charge in [0.1, 0.15) is 0 Å². The van der Waals surface area contributed by atoms with Gasteiger partial charge in [-0.15, -0.1) is 0 Å². The van der Waals surface area contributed by atoms with Crippen LogP contribution in [-0.4, -0.2) is 54.2 Å². The third kappa shape index (κ3) is 5.48. The fraction of sp³-hybridized carbons (Fsp3) is 0.192. The lowest BCUT2D eigenvalue weighted by atomic mass is 10.0. The maximum Gasteiger partial charge on any atom is 0.338 e. The minimum atomic E-state index is -1.60. The molecule has 0 spiro atoms. The van der Waals surface area contributed by atoms with Crippen LogP contribution >= 0.6 is 0 Å². The number of benzene rings is 3. The molecular formula is C26H22O8. The van der Waals surface area contributed by atoms with Crippen LogP contribution in [0.1, 0.15) is 31.1 Å². The summed E-state index contributed by atoms with van der Waals surface area (Å²) in [5.74, 6) is -2.18. The quantitative estimate of drug-likeness (QED) is 0.440. The van der Waals surface area contributed by atoms with E-state index in [9.17, 15) is 19.5 Å². The van der Waals surface area contributed by atoms with E-state index in [4.69, 9.17) is 18.9 Å². The van der Waals surface area contributed by atoms with Crippen LogP contribution in [0.3, 0.4) is 0 Å². The Bertz CT molecular complexity index is 1120. The van der Waals surface area contributed by atoms with Crippen molar-refractivity contribution >= 4 is 17.9 Å². The zero-order valence-electron chi connectivity index (χ0n) is 18.0. The van der Waals surface area contributed by atoms with Gasteiger partial charge >= 0.3 is 17.9 Å². The number of hydrogen-bond donors (Lipinski definition) is 1. The molecule has 0 aromatic heterocycles. The third-order valence-corrected chi connectivity index (χ3v) is 5.18. The zero-order valence-corrected chi connectivity index (χ0v) is 18.0. The largest absolute Gasteiger partial charge is 0.452 e. The Morgan fingerprint density at radius 2 is 1.00 bits per heavy atom. The van der Waals surface area contributed by atoms with E-state index in [1.54, 1.807) is 78.9 Å². The molecular weight excluding hydrogens is 440 g/mol. The van der Waals surface area contributed by atoms with Gasteiger partial charge in [0.15, 0.2) is 24.6 Å². The first kappa shape index (κ1) is 23.2. The molecule has 0 saturated carbocycles. The topological polar surface area (TPSA) is 108 Å². The Labute approximate surface area is 195 Å². The number of carbonyl (C=O) groups is 3. The minimum absolute atomic E-state index is 0.228. The summed E-state index contributed by atoms with van der Waals surface area (Å²) in [4.78, 5) is 38.1. The second-order valence-electron chi connectivity index (χ2n) is 7.51. The average Bonchev–Trinajstić information content (AvgIpc) is 2.89. The van der Waals surface area contributed by atoms with Crippen molar-refractivity contribution in [3.05, 3.63) is 108 Å². The van der Waals surface area contributed by atoms with Crippen molar-refractivity contribution in [2.24, 2.45) is 0 Å². The lowest BCUT2D eigenvalue weighted by Gasteiger charge is -2.38. The van der Waals surface area contributed by atoms with Crippen molar-refractivity contribution < 1.29 is 38.4 Å². The van der Waals surface area contributed by atoms with Crippen molar-refractivity contribution in [3.8, 4) is 0 Å². The first-order valence-electron chi connectivity index (χ1n) is 10.6. The average molecular weight is 462 g/mol. The molecule has 0 aliphatic carbocycles. The van der Waals surface area contributed by atoms with Gasteiger partial charge in [-0.1, -0.05) is 54.6 Å². The number of aliphatic hydroxyl groups is 1. The smallest absolute Gasteiger partial charge is 0.338 e. The highest BCUT2D eigenvalue weighted by atomic mass is 16.7. The number of esters is 3. The first-order valence-corrected chi connectivity index (χ1v) is 10.6. The van der Waals surface area contributed by atoms with E-state index in [0.717, 1.165) is 0 Å². The number of carbonyl (C=O) groups excluding carboxylic acids is 3. The molecule has 3 aromatic rings. The second-order valence-corrected chi connectivity index (χ2v) is 7.51. The van der Waals surface area contributed by atoms with Gasteiger partial charge in [0.2, 0.25) is 0 Å². The van der Waals surface area contributed by atoms with Crippen LogP contribution in [-0.2, 0) is 18.9 Å². The standard InChI is InChI=1S/C26H22O8/c27-23(17-10-4-1-5-11-17)32-20-16-31-26(30)22(34-25(29)19-14-8-3-9-15-19)21(20)33-24(28)18-12-6-2-7-13-18/h1-15,20-22,26,30H,16H2/t20-,21-,22+,26+/m1/s1. The minimum Gasteiger partial charge on any atom is -0.452 e. The zero-order chi connectivity index (χ0) is 23.9. The molecule has 3 aromatic carbocycles. The van der Waals surface area contributed by atoms with Gasteiger partial charge < -0.3 is 24.1 Å². The van der Waals surface area contributed by atoms with Crippen LogP contribution in [0.15, 0.2) is 91.0 Å². The molecule has 0 amide bonds. The molecule has 1 aliphatic heterocycles. The highest BCUT2D eigenvalue weighted by Crippen LogP contribution is 2.25. The van der Waals surface area contributed by atoms with Crippen molar-refractivity contribution in [1.82, 2.24) is 0 Å². The molecule has 174 valence electrons. The Hall–Kier alpha value is -4.01. The molecule has 8 nitrogen and oxygen atoms in total. The van der Waals surface area contributed by atoms with Gasteiger partial charge in [-0.05, 0) is 36.4 Å². The van der Waals surface area contributed by atoms with Crippen LogP contribution in [0.5, 0.6) is 0 Å². The lowest BCUT2D eigenvalue weighted by molar-refractivity contribution is -0.251. The molecule has 1 heterocycles. The Kier molecular flexibility index (Phi) is 7.31. The molecule has 1 N–H and O–H groups in total. The van der Waals surface area contributed by atoms with Crippen LogP contribution in [0, 0.1) is 0 Å². The van der Waals surface area contributed by atoms with E-state index < -0.39 is 42.5 Å². The third-order valence-electron chi connectivity index (χ3n) is 5.18. The maximum absolute atomic E-state index is 12.8. The predicted octanol–water partition coefficient (Wildman–Crippen LogP) is 3.01. The van der Waals surface area contributed by atoms with E-state index in [2.05, 4.69) is 0 Å². The Balaban J connectivity index is 1.59. The number of aliphatic hydroxyl groups excluding tert-OH is 1. The molecule has 1 fully saturated rings. The van der Waals surface area contributed by atoms with Crippen molar-refractivity contribution in [3.63, 3.8) is 0 Å². The predicted molar refractivity (Wildman–Crippen MR) is 119 cm³/mol. The fourth-order valence-electron chi connectivity index (χ4n) is 3.44. The van der Waals surface area contributed by atoms with Gasteiger partial charge in [-0.25, -0.2) is 14.4 Å². The Morgan fingerprint density at radius 1 is 0.618 bits per heavy atom. The summed E-state index contributed by atoms with van der Waals surface area (Å²) in [6, 6.07) is 24.5. The summed E-state index contributed by atoms with van der Waals surface area (Å²) in [5.41, 5.74) is 0.746. The molecule has 1 aliphatic rings. The van der Waals surface area contributed by atoms with E-state index in [0.29, 0.717) is 0 Å². The van der Waals surface area contributed by atoms with E-state index in [-0.39, 0.29) is 23.3 Å². The molecule has 4 atom stereocenters. The van der Waals surface area contributed by atoms with Crippen LogP contribution in [0.2, 0.25) is 0 Å². The maximum atomic E-state index is 12.8. The van der Waals surface area contributed by atoms with E-state index in [1.807, 2.05) is 0 Å². The van der Waals surface area contributed by atoms with Gasteiger partial charge in [0.05, 0.1) is 23.3 Å². The molecule has 1 saturated heterocycles.